The predicted octanol–water partition coefficient (Wildman–Crippen LogP) is 11.7. The Morgan fingerprint density at radius 1 is 0.365 bits per heavy atom. The molecule has 5 heterocycles. The fraction of sp³-hybridized carbons (Fsp3) is 0. The molecular formula is C46H25N5O. The molecule has 52 heavy (non-hydrogen) atoms. The highest BCUT2D eigenvalue weighted by Crippen LogP contribution is 2.40. The van der Waals surface area contributed by atoms with Gasteiger partial charge in [0.1, 0.15) is 16.7 Å². The molecule has 0 saturated heterocycles. The Morgan fingerprint density at radius 2 is 0.865 bits per heavy atom. The van der Waals surface area contributed by atoms with E-state index in [0.717, 1.165) is 94.4 Å². The molecule has 240 valence electrons. The molecule has 0 radical (unpaired) electrons. The Kier molecular flexibility index (Phi) is 4.78. The number of rotatable bonds is 2. The van der Waals surface area contributed by atoms with Crippen molar-refractivity contribution in [1.29, 1.82) is 0 Å². The molecule has 0 aliphatic heterocycles. The van der Waals surface area contributed by atoms with Gasteiger partial charge < -0.3 is 4.42 Å². The van der Waals surface area contributed by atoms with E-state index < -0.39 is 0 Å². The number of nitrogens with zero attached hydrogens (tertiary/aromatic N) is 5. The summed E-state index contributed by atoms with van der Waals surface area (Å²) in [5, 5.41) is 7.03. The van der Waals surface area contributed by atoms with Gasteiger partial charge in [0.25, 0.3) is 0 Å². The van der Waals surface area contributed by atoms with E-state index in [4.69, 9.17) is 14.4 Å². The van der Waals surface area contributed by atoms with Gasteiger partial charge in [-0.25, -0.2) is 14.4 Å². The van der Waals surface area contributed by atoms with Crippen LogP contribution >= 0.6 is 0 Å². The first-order valence-corrected chi connectivity index (χ1v) is 17.6. The van der Waals surface area contributed by atoms with Gasteiger partial charge in [-0.3, -0.25) is 8.80 Å². The number of benzene rings is 8. The molecule has 0 unspecified atom stereocenters. The van der Waals surface area contributed by atoms with E-state index in [-0.39, 0.29) is 0 Å². The Morgan fingerprint density at radius 3 is 1.48 bits per heavy atom. The number of hydrogen-bond acceptors (Lipinski definition) is 3. The molecule has 0 fully saturated rings. The van der Waals surface area contributed by atoms with Crippen molar-refractivity contribution >= 4 is 93.7 Å². The summed E-state index contributed by atoms with van der Waals surface area (Å²) in [5.41, 5.74) is 13.9. The maximum Gasteiger partial charge on any atom is 0.223 e. The Hall–Kier alpha value is -7.18. The molecule has 6 heteroatoms. The number of aromatic nitrogens is 5. The zero-order chi connectivity index (χ0) is 33.7. The van der Waals surface area contributed by atoms with Crippen molar-refractivity contribution in [3.63, 3.8) is 0 Å². The fourth-order valence-electron chi connectivity index (χ4n) is 8.67. The quantitative estimate of drug-likeness (QED) is 0.185. The van der Waals surface area contributed by atoms with Gasteiger partial charge in [0.05, 0.1) is 33.1 Å². The van der Waals surface area contributed by atoms with Gasteiger partial charge in [-0.15, -0.1) is 0 Å². The van der Waals surface area contributed by atoms with Crippen molar-refractivity contribution < 1.29 is 4.42 Å². The lowest BCUT2D eigenvalue weighted by Crippen LogP contribution is -1.89. The minimum atomic E-state index is 0.870. The lowest BCUT2D eigenvalue weighted by Gasteiger charge is -2.07. The van der Waals surface area contributed by atoms with E-state index in [9.17, 15) is 0 Å². The number of imidazole rings is 4. The van der Waals surface area contributed by atoms with Crippen molar-refractivity contribution in [3.8, 4) is 22.3 Å². The molecule has 13 aromatic rings. The average molecular weight is 664 g/mol. The highest BCUT2D eigenvalue weighted by atomic mass is 16.3. The number of hydrogen-bond donors (Lipinski definition) is 0. The molecule has 0 N–H and O–H groups in total. The summed E-state index contributed by atoms with van der Waals surface area (Å²) < 4.78 is 13.0. The normalized spacial score (nSPS) is 12.6. The second kappa shape index (κ2) is 9.33. The largest absolute Gasteiger partial charge is 0.456 e. The van der Waals surface area contributed by atoms with Crippen molar-refractivity contribution in [3.05, 3.63) is 152 Å². The van der Waals surface area contributed by atoms with Crippen molar-refractivity contribution in [2.45, 2.75) is 0 Å². The van der Waals surface area contributed by atoms with E-state index in [1.54, 1.807) is 0 Å². The minimum absolute atomic E-state index is 0.870. The van der Waals surface area contributed by atoms with E-state index in [1.807, 2.05) is 12.1 Å². The van der Waals surface area contributed by atoms with E-state index >= 15 is 0 Å². The van der Waals surface area contributed by atoms with Crippen LogP contribution in [-0.4, -0.2) is 23.2 Å². The molecule has 13 rings (SSSR count). The predicted molar refractivity (Wildman–Crippen MR) is 212 cm³/mol. The van der Waals surface area contributed by atoms with E-state index in [2.05, 4.69) is 153 Å². The van der Waals surface area contributed by atoms with Crippen LogP contribution in [-0.2, 0) is 0 Å². The number of furan rings is 1. The van der Waals surface area contributed by atoms with Crippen LogP contribution in [0.2, 0.25) is 0 Å². The molecule has 0 amide bonds. The molecule has 0 bridgehead atoms. The van der Waals surface area contributed by atoms with Gasteiger partial charge in [-0.05, 0) is 98.4 Å². The smallest absolute Gasteiger partial charge is 0.223 e. The summed E-state index contributed by atoms with van der Waals surface area (Å²) in [6.07, 6.45) is 0. The first-order chi connectivity index (χ1) is 25.7. The summed E-state index contributed by atoms with van der Waals surface area (Å²) in [7, 11) is 0. The first-order valence-electron chi connectivity index (χ1n) is 17.6. The average Bonchev–Trinajstić information content (AvgIpc) is 3.98. The van der Waals surface area contributed by atoms with Crippen LogP contribution in [0.3, 0.4) is 0 Å². The first kappa shape index (κ1) is 26.7. The molecule has 0 atom stereocenters. The summed E-state index contributed by atoms with van der Waals surface area (Å²) in [4.78, 5) is 10.6. The number of para-hydroxylation sites is 1. The van der Waals surface area contributed by atoms with Gasteiger partial charge in [0.2, 0.25) is 11.6 Å². The van der Waals surface area contributed by atoms with Crippen molar-refractivity contribution in [2.24, 2.45) is 0 Å². The summed E-state index contributed by atoms with van der Waals surface area (Å²) in [5.74, 6) is 1.74. The standard InChI is InChI=1S/C46H25N5O/c1-3-9-30-22-38-36(20-28(30)7-1)47-45-49(38)40-24-33(25-41-44(40)51(45)46-48-37-21-29-8-2-4-10-31(29)23-39(37)50(41)46)27-15-13-26(14-16-27)32-17-18-43-35(19-32)34-11-5-6-12-42(34)52-43/h1-25H. The lowest BCUT2D eigenvalue weighted by atomic mass is 9.98. The molecular weight excluding hydrogens is 639 g/mol. The lowest BCUT2D eigenvalue weighted by molar-refractivity contribution is 0.669. The van der Waals surface area contributed by atoms with E-state index in [0.29, 0.717) is 0 Å². The zero-order valence-corrected chi connectivity index (χ0v) is 27.6. The molecule has 0 aliphatic carbocycles. The molecule has 8 aromatic carbocycles. The number of fused-ring (bicyclic) bond motifs is 15. The maximum absolute atomic E-state index is 6.10. The Bertz CT molecular complexity index is 3480. The fourth-order valence-corrected chi connectivity index (χ4v) is 8.67. The highest BCUT2D eigenvalue weighted by molar-refractivity contribution is 6.09. The Labute approximate surface area is 294 Å². The van der Waals surface area contributed by atoms with Crippen LogP contribution in [0.25, 0.3) is 116 Å². The van der Waals surface area contributed by atoms with Crippen LogP contribution < -0.4 is 0 Å². The van der Waals surface area contributed by atoms with Crippen LogP contribution in [0.4, 0.5) is 0 Å². The summed E-state index contributed by atoms with van der Waals surface area (Å²) in [6.45, 7) is 0. The molecule has 0 aliphatic rings. The zero-order valence-electron chi connectivity index (χ0n) is 27.6. The van der Waals surface area contributed by atoms with Crippen LogP contribution in [0, 0.1) is 0 Å². The topological polar surface area (TPSA) is 52.2 Å². The monoisotopic (exact) mass is 663 g/mol. The second-order valence-electron chi connectivity index (χ2n) is 14.0. The maximum atomic E-state index is 6.10. The SMILES string of the molecule is c1ccc2cc3c(cc2c1)nc1n3c2cc(-c3ccc(-c4ccc5oc6ccccc6c5c4)cc3)cc3c2n1c1nc2cc4ccccc4cc2n31. The van der Waals surface area contributed by atoms with E-state index in [1.165, 1.54) is 21.5 Å². The van der Waals surface area contributed by atoms with Crippen molar-refractivity contribution in [2.75, 3.05) is 0 Å². The van der Waals surface area contributed by atoms with Crippen LogP contribution in [0.1, 0.15) is 0 Å². The molecule has 0 spiro atoms. The van der Waals surface area contributed by atoms with Gasteiger partial charge >= 0.3 is 0 Å². The third-order valence-corrected chi connectivity index (χ3v) is 11.1. The summed E-state index contributed by atoms with van der Waals surface area (Å²) >= 11 is 0. The van der Waals surface area contributed by atoms with Crippen LogP contribution in [0.15, 0.2) is 156 Å². The third-order valence-electron chi connectivity index (χ3n) is 11.1. The highest BCUT2D eigenvalue weighted by Gasteiger charge is 2.25. The third kappa shape index (κ3) is 3.38. The molecule has 5 aromatic heterocycles. The summed E-state index contributed by atoms with van der Waals surface area (Å²) in [6, 6.07) is 54.3. The second-order valence-corrected chi connectivity index (χ2v) is 14.0. The van der Waals surface area contributed by atoms with Crippen molar-refractivity contribution in [1.82, 2.24) is 23.2 Å². The van der Waals surface area contributed by atoms with Gasteiger partial charge in [0, 0.05) is 10.8 Å². The minimum Gasteiger partial charge on any atom is -0.456 e. The molecule has 6 nitrogen and oxygen atoms in total. The van der Waals surface area contributed by atoms with Gasteiger partial charge in [-0.1, -0.05) is 97.1 Å². The molecule has 0 saturated carbocycles. The van der Waals surface area contributed by atoms with Crippen LogP contribution in [0.5, 0.6) is 0 Å². The van der Waals surface area contributed by atoms with Gasteiger partial charge in [-0.2, -0.15) is 0 Å². The Balaban J connectivity index is 1.08. The van der Waals surface area contributed by atoms with Gasteiger partial charge in [0.15, 0.2) is 0 Å².